The van der Waals surface area contributed by atoms with Gasteiger partial charge in [0.25, 0.3) is 0 Å². The lowest BCUT2D eigenvalue weighted by molar-refractivity contribution is 0.0309. The van der Waals surface area contributed by atoms with E-state index < -0.39 is 5.60 Å². The lowest BCUT2D eigenvalue weighted by Gasteiger charge is -2.23. The molecule has 0 bridgehead atoms. The van der Waals surface area contributed by atoms with E-state index in [2.05, 4.69) is 21.8 Å². The quantitative estimate of drug-likeness (QED) is 0.800. The van der Waals surface area contributed by atoms with Crippen LogP contribution in [0.4, 0.5) is 4.79 Å². The van der Waals surface area contributed by atoms with E-state index >= 15 is 0 Å². The Balaban J connectivity index is 1.51. The number of carbonyl (C=O) groups is 1. The van der Waals surface area contributed by atoms with Gasteiger partial charge in [-0.1, -0.05) is 0 Å². The SMILES string of the molecule is CC(C)(C)OC(=O)N1CC(=N)/C(=C\NSc2ccc(C3CC3)nc2)C1. The van der Waals surface area contributed by atoms with Crippen LogP contribution in [0.3, 0.4) is 0 Å². The third kappa shape index (κ3) is 4.98. The van der Waals surface area contributed by atoms with E-state index in [4.69, 9.17) is 10.1 Å². The molecule has 1 saturated heterocycles. The van der Waals surface area contributed by atoms with Crippen LogP contribution in [0, 0.1) is 5.41 Å². The average Bonchev–Trinajstić information content (AvgIpc) is 3.31. The highest BCUT2D eigenvalue weighted by molar-refractivity contribution is 7.97. The molecule has 1 saturated carbocycles. The maximum Gasteiger partial charge on any atom is 0.410 e. The molecule has 2 fully saturated rings. The summed E-state index contributed by atoms with van der Waals surface area (Å²) < 4.78 is 8.50. The number of nitrogens with one attached hydrogen (secondary N) is 2. The highest BCUT2D eigenvalue weighted by Gasteiger charge is 2.29. The first-order chi connectivity index (χ1) is 11.8. The molecule has 6 nitrogen and oxygen atoms in total. The van der Waals surface area contributed by atoms with E-state index in [-0.39, 0.29) is 12.6 Å². The fraction of sp³-hybridized carbons (Fsp3) is 0.500. The highest BCUT2D eigenvalue weighted by atomic mass is 32.2. The summed E-state index contributed by atoms with van der Waals surface area (Å²) in [5.41, 5.74) is 1.87. The van der Waals surface area contributed by atoms with Crippen molar-refractivity contribution in [2.75, 3.05) is 13.1 Å². The van der Waals surface area contributed by atoms with Gasteiger partial charge >= 0.3 is 6.09 Å². The number of nitrogens with zero attached hydrogens (tertiary/aromatic N) is 2. The fourth-order valence-electron chi connectivity index (χ4n) is 2.48. The lowest BCUT2D eigenvalue weighted by Crippen LogP contribution is -2.35. The van der Waals surface area contributed by atoms with Gasteiger partial charge in [-0.2, -0.15) is 0 Å². The predicted molar refractivity (Wildman–Crippen MR) is 98.8 cm³/mol. The molecule has 134 valence electrons. The summed E-state index contributed by atoms with van der Waals surface area (Å²) in [5, 5.41) is 8.05. The summed E-state index contributed by atoms with van der Waals surface area (Å²) in [5.74, 6) is 0.659. The third-order valence-electron chi connectivity index (χ3n) is 3.91. The standard InChI is InChI=1S/C18H24N4O2S/c1-18(2,3)24-17(23)22-10-13(15(19)11-22)8-21-25-14-6-7-16(20-9-14)12-4-5-12/h6-9,12,19,21H,4-5,10-11H2,1-3H3/b13-8-,19-15?. The molecule has 7 heteroatoms. The Labute approximate surface area is 152 Å². The molecule has 1 aromatic rings. The van der Waals surface area contributed by atoms with Crippen LogP contribution in [0.15, 0.2) is 35.0 Å². The van der Waals surface area contributed by atoms with Gasteiger partial charge < -0.3 is 14.9 Å². The molecular weight excluding hydrogens is 336 g/mol. The van der Waals surface area contributed by atoms with Crippen molar-refractivity contribution >= 4 is 23.8 Å². The van der Waals surface area contributed by atoms with Crippen molar-refractivity contribution in [2.45, 2.75) is 50.0 Å². The normalized spacial score (nSPS) is 19.4. The molecule has 2 aliphatic rings. The van der Waals surface area contributed by atoms with Crippen LogP contribution in [0.1, 0.15) is 45.2 Å². The van der Waals surface area contributed by atoms with Gasteiger partial charge in [0.2, 0.25) is 0 Å². The van der Waals surface area contributed by atoms with Crippen LogP contribution in [0.5, 0.6) is 0 Å². The monoisotopic (exact) mass is 360 g/mol. The first-order valence-corrected chi connectivity index (χ1v) is 9.26. The van der Waals surface area contributed by atoms with E-state index in [0.717, 1.165) is 10.5 Å². The van der Waals surface area contributed by atoms with Gasteiger partial charge in [-0.25, -0.2) is 4.79 Å². The summed E-state index contributed by atoms with van der Waals surface area (Å²) >= 11 is 1.45. The Morgan fingerprint density at radius 2 is 2.16 bits per heavy atom. The molecule has 1 aliphatic carbocycles. The van der Waals surface area contributed by atoms with Gasteiger partial charge in [0.15, 0.2) is 0 Å². The Morgan fingerprint density at radius 3 is 2.76 bits per heavy atom. The molecular formula is C18H24N4O2S. The predicted octanol–water partition coefficient (Wildman–Crippen LogP) is 3.71. The Bertz CT molecular complexity index is 690. The van der Waals surface area contributed by atoms with Crippen molar-refractivity contribution in [2.24, 2.45) is 0 Å². The van der Waals surface area contributed by atoms with Crippen LogP contribution >= 0.6 is 11.9 Å². The number of aromatic nitrogens is 1. The topological polar surface area (TPSA) is 78.3 Å². The molecule has 3 rings (SSSR count). The Kier molecular flexibility index (Phi) is 5.03. The fourth-order valence-corrected chi connectivity index (χ4v) is 3.06. The van der Waals surface area contributed by atoms with Gasteiger partial charge in [0.05, 0.1) is 18.8 Å². The zero-order valence-electron chi connectivity index (χ0n) is 14.8. The molecule has 1 aliphatic heterocycles. The number of amides is 1. The van der Waals surface area contributed by atoms with Crippen LogP contribution in [-0.4, -0.2) is 40.4 Å². The highest BCUT2D eigenvalue weighted by Crippen LogP contribution is 2.39. The molecule has 0 aromatic carbocycles. The summed E-state index contributed by atoms with van der Waals surface area (Å²) in [7, 11) is 0. The minimum atomic E-state index is -0.528. The minimum absolute atomic E-state index is 0.282. The van der Waals surface area contributed by atoms with Crippen LogP contribution < -0.4 is 4.72 Å². The third-order valence-corrected chi connectivity index (χ3v) is 4.63. The second kappa shape index (κ2) is 7.07. The number of hydrogen-bond donors (Lipinski definition) is 2. The number of pyridine rings is 1. The molecule has 1 amide bonds. The molecule has 0 atom stereocenters. The zero-order valence-corrected chi connectivity index (χ0v) is 15.7. The molecule has 2 N–H and O–H groups in total. The number of ether oxygens (including phenoxy) is 1. The van der Waals surface area contributed by atoms with E-state index in [1.54, 1.807) is 6.20 Å². The molecule has 0 spiro atoms. The smallest absolute Gasteiger partial charge is 0.410 e. The van der Waals surface area contributed by atoms with Crippen molar-refractivity contribution in [3.05, 3.63) is 35.8 Å². The largest absolute Gasteiger partial charge is 0.444 e. The minimum Gasteiger partial charge on any atom is -0.444 e. The van der Waals surface area contributed by atoms with Crippen molar-refractivity contribution in [3.63, 3.8) is 0 Å². The number of likely N-dealkylation sites (tertiary alicyclic amines) is 1. The molecule has 0 unspecified atom stereocenters. The number of hydrogen-bond acceptors (Lipinski definition) is 6. The van der Waals surface area contributed by atoms with Gasteiger partial charge in [-0.3, -0.25) is 9.88 Å². The second-order valence-electron chi connectivity index (χ2n) is 7.40. The number of rotatable bonds is 4. The molecule has 0 radical (unpaired) electrons. The molecule has 1 aromatic heterocycles. The van der Waals surface area contributed by atoms with Crippen LogP contribution in [0.2, 0.25) is 0 Å². The zero-order chi connectivity index (χ0) is 18.0. The van der Waals surface area contributed by atoms with Gasteiger partial charge in [0.1, 0.15) is 5.60 Å². The van der Waals surface area contributed by atoms with Crippen LogP contribution in [0.25, 0.3) is 0 Å². The van der Waals surface area contributed by atoms with E-state index in [0.29, 0.717) is 18.2 Å². The summed E-state index contributed by atoms with van der Waals surface area (Å²) in [4.78, 5) is 19.1. The maximum atomic E-state index is 12.1. The van der Waals surface area contributed by atoms with Crippen LogP contribution in [-0.2, 0) is 4.74 Å². The maximum absolute atomic E-state index is 12.1. The average molecular weight is 360 g/mol. The van der Waals surface area contributed by atoms with Gasteiger partial charge in [0, 0.05) is 34.5 Å². The van der Waals surface area contributed by atoms with Gasteiger partial charge in [-0.05, 0) is 57.7 Å². The number of carbonyl (C=O) groups excluding carboxylic acids is 1. The summed E-state index contributed by atoms with van der Waals surface area (Å²) in [6.45, 7) is 6.18. The van der Waals surface area contributed by atoms with Crippen molar-refractivity contribution < 1.29 is 9.53 Å². The second-order valence-corrected chi connectivity index (χ2v) is 8.31. The van der Waals surface area contributed by atoms with Gasteiger partial charge in [-0.15, -0.1) is 0 Å². The van der Waals surface area contributed by atoms with Crippen molar-refractivity contribution in [1.29, 1.82) is 5.41 Å². The van der Waals surface area contributed by atoms with E-state index in [1.165, 1.54) is 35.4 Å². The Morgan fingerprint density at radius 1 is 1.40 bits per heavy atom. The first-order valence-electron chi connectivity index (χ1n) is 8.45. The van der Waals surface area contributed by atoms with E-state index in [1.807, 2.05) is 27.0 Å². The Hall–Kier alpha value is -2.02. The summed E-state index contributed by atoms with van der Waals surface area (Å²) in [6, 6.07) is 4.14. The first kappa shape index (κ1) is 17.8. The van der Waals surface area contributed by atoms with E-state index in [9.17, 15) is 4.79 Å². The molecule has 25 heavy (non-hydrogen) atoms. The van der Waals surface area contributed by atoms with Crippen molar-refractivity contribution in [1.82, 2.24) is 14.6 Å². The van der Waals surface area contributed by atoms with Crippen molar-refractivity contribution in [3.8, 4) is 0 Å². The summed E-state index contributed by atoms with van der Waals surface area (Å²) in [6.07, 6.45) is 5.77. The lowest BCUT2D eigenvalue weighted by atomic mass is 10.2. The molecule has 2 heterocycles.